The minimum absolute atomic E-state index is 0.144. The van der Waals surface area contributed by atoms with Crippen LogP contribution in [0.5, 0.6) is 0 Å². The lowest BCUT2D eigenvalue weighted by molar-refractivity contribution is -0.136. The summed E-state index contributed by atoms with van der Waals surface area (Å²) in [6, 6.07) is 29.1. The number of carbonyl (C=O) groups is 3. The van der Waals surface area contributed by atoms with E-state index < -0.39 is 5.97 Å². The van der Waals surface area contributed by atoms with Crippen LogP contribution < -0.4 is 16.4 Å². The van der Waals surface area contributed by atoms with Crippen molar-refractivity contribution in [2.45, 2.75) is 19.9 Å². The van der Waals surface area contributed by atoms with E-state index in [2.05, 4.69) is 15.6 Å². The summed E-state index contributed by atoms with van der Waals surface area (Å²) < 4.78 is 1.92. The molecule has 2 amide bonds. The molecule has 0 spiro atoms. The van der Waals surface area contributed by atoms with Crippen molar-refractivity contribution in [3.8, 4) is 28.3 Å². The quantitative estimate of drug-likeness (QED) is 0.172. The van der Waals surface area contributed by atoms with E-state index in [1.807, 2.05) is 71.3 Å². The second kappa shape index (κ2) is 12.7. The molecule has 0 unspecified atom stereocenters. The van der Waals surface area contributed by atoms with Crippen molar-refractivity contribution in [2.75, 3.05) is 11.1 Å². The van der Waals surface area contributed by atoms with Gasteiger partial charge in [0.05, 0.1) is 17.7 Å². The van der Waals surface area contributed by atoms with Gasteiger partial charge in [0.15, 0.2) is 11.5 Å². The fourth-order valence-electron chi connectivity index (χ4n) is 5.12. The minimum Gasteiger partial charge on any atom is -0.481 e. The summed E-state index contributed by atoms with van der Waals surface area (Å²) in [4.78, 5) is 49.4. The number of carboxylic acids is 1. The molecule has 5 N–H and O–H groups in total. The molecule has 3 heterocycles. The zero-order valence-electron chi connectivity index (χ0n) is 24.8. The number of rotatable bonds is 9. The average molecular weight is 612 g/mol. The van der Waals surface area contributed by atoms with Crippen LogP contribution in [0.25, 0.3) is 39.5 Å². The average Bonchev–Trinajstić information content (AvgIpc) is 3.42. The van der Waals surface area contributed by atoms with Gasteiger partial charge in [-0.25, -0.2) is 15.0 Å². The van der Waals surface area contributed by atoms with Crippen molar-refractivity contribution < 1.29 is 19.5 Å². The zero-order chi connectivity index (χ0) is 32.2. The molecule has 228 valence electrons. The number of nitrogens with two attached hydrogens (primary N) is 1. The number of aliphatic carboxylic acids is 1. The van der Waals surface area contributed by atoms with E-state index in [-0.39, 0.29) is 24.8 Å². The first kappa shape index (κ1) is 29.7. The van der Waals surface area contributed by atoms with E-state index in [0.29, 0.717) is 45.2 Å². The molecule has 0 saturated carbocycles. The number of hydrogen-bond donors (Lipinski definition) is 4. The second-order valence-corrected chi connectivity index (χ2v) is 10.6. The highest BCUT2D eigenvalue weighted by molar-refractivity contribution is 5.94. The standard InChI is InChI=1S/C35H29N7O4/c1-21(43)39-26-11-9-24(10-12-26)29-15-16-30-34(40-29)42(33(41-30)28-6-3-17-37-32(28)36)27-13-7-22(8-14-27)20-38-35(46)25-5-2-4-23(18-25)19-31(44)45/h2-18H,19-20H2,1H3,(H2,36,37)(H,38,46)(H,39,43)(H,44,45). The number of nitrogens with zero attached hydrogens (tertiary/aromatic N) is 4. The molecule has 0 radical (unpaired) electrons. The van der Waals surface area contributed by atoms with Crippen LogP contribution in [-0.4, -0.2) is 42.4 Å². The number of nitrogen functional groups attached to an aromatic ring is 1. The summed E-state index contributed by atoms with van der Waals surface area (Å²) in [5, 5.41) is 14.7. The number of fused-ring (bicyclic) bond motifs is 1. The molecule has 0 aliphatic carbocycles. The number of aromatic nitrogens is 4. The van der Waals surface area contributed by atoms with Gasteiger partial charge in [-0.05, 0) is 71.8 Å². The molecule has 6 aromatic rings. The lowest BCUT2D eigenvalue weighted by Gasteiger charge is -2.12. The second-order valence-electron chi connectivity index (χ2n) is 10.6. The lowest BCUT2D eigenvalue weighted by atomic mass is 10.1. The van der Waals surface area contributed by atoms with E-state index >= 15 is 0 Å². The minimum atomic E-state index is -0.957. The Hall–Kier alpha value is -6.36. The first-order valence-electron chi connectivity index (χ1n) is 14.4. The van der Waals surface area contributed by atoms with Gasteiger partial charge in [-0.3, -0.25) is 19.0 Å². The summed E-state index contributed by atoms with van der Waals surface area (Å²) in [5.74, 6) is -0.489. The number of carboxylic acid groups (broad SMARTS) is 1. The van der Waals surface area contributed by atoms with Gasteiger partial charge < -0.3 is 21.5 Å². The molecule has 0 aliphatic heterocycles. The Labute approximate surface area is 263 Å². The number of amides is 2. The van der Waals surface area contributed by atoms with Crippen LogP contribution in [0.1, 0.15) is 28.4 Å². The topological polar surface area (TPSA) is 165 Å². The highest BCUT2D eigenvalue weighted by Gasteiger charge is 2.19. The van der Waals surface area contributed by atoms with Crippen LogP contribution in [0.3, 0.4) is 0 Å². The van der Waals surface area contributed by atoms with Crippen LogP contribution in [0, 0.1) is 0 Å². The molecule has 46 heavy (non-hydrogen) atoms. The normalized spacial score (nSPS) is 10.9. The number of imidazole rings is 1. The Morgan fingerprint density at radius 3 is 2.37 bits per heavy atom. The molecule has 0 atom stereocenters. The molecule has 0 saturated heterocycles. The maximum atomic E-state index is 12.8. The number of pyridine rings is 2. The monoisotopic (exact) mass is 611 g/mol. The van der Waals surface area contributed by atoms with E-state index in [4.69, 9.17) is 20.8 Å². The van der Waals surface area contributed by atoms with Gasteiger partial charge in [-0.15, -0.1) is 0 Å². The van der Waals surface area contributed by atoms with Gasteiger partial charge in [0.1, 0.15) is 11.3 Å². The molecule has 11 heteroatoms. The highest BCUT2D eigenvalue weighted by atomic mass is 16.4. The predicted octanol–water partition coefficient (Wildman–Crippen LogP) is 5.25. The van der Waals surface area contributed by atoms with E-state index in [9.17, 15) is 14.4 Å². The number of nitrogens with one attached hydrogen (secondary N) is 2. The van der Waals surface area contributed by atoms with Crippen molar-refractivity contribution in [1.82, 2.24) is 24.8 Å². The summed E-state index contributed by atoms with van der Waals surface area (Å²) in [6.07, 6.45) is 1.47. The molecule has 3 aromatic heterocycles. The van der Waals surface area contributed by atoms with Gasteiger partial charge in [0.25, 0.3) is 5.91 Å². The van der Waals surface area contributed by atoms with Crippen LogP contribution in [0.4, 0.5) is 11.5 Å². The fourth-order valence-corrected chi connectivity index (χ4v) is 5.12. The molecule has 6 rings (SSSR count). The highest BCUT2D eigenvalue weighted by Crippen LogP contribution is 2.32. The molecule has 0 fully saturated rings. The van der Waals surface area contributed by atoms with Crippen LogP contribution in [0.15, 0.2) is 103 Å². The summed E-state index contributed by atoms with van der Waals surface area (Å²) >= 11 is 0. The van der Waals surface area contributed by atoms with Crippen molar-refractivity contribution in [2.24, 2.45) is 0 Å². The Kier molecular flexibility index (Phi) is 8.20. The Morgan fingerprint density at radius 1 is 0.870 bits per heavy atom. The third-order valence-corrected chi connectivity index (χ3v) is 7.28. The SMILES string of the molecule is CC(=O)Nc1ccc(-c2ccc3nc(-c4cccnc4N)n(-c4ccc(CNC(=O)c5cccc(CC(=O)O)c5)cc4)c3n2)cc1. The molecule has 0 bridgehead atoms. The van der Waals surface area contributed by atoms with Crippen molar-refractivity contribution in [1.29, 1.82) is 0 Å². The number of anilines is 2. The largest absolute Gasteiger partial charge is 0.481 e. The molecule has 11 nitrogen and oxygen atoms in total. The lowest BCUT2D eigenvalue weighted by Crippen LogP contribution is -2.23. The van der Waals surface area contributed by atoms with E-state index in [0.717, 1.165) is 22.5 Å². The van der Waals surface area contributed by atoms with Gasteiger partial charge in [-0.2, -0.15) is 0 Å². The number of hydrogen-bond acceptors (Lipinski definition) is 7. The van der Waals surface area contributed by atoms with Gasteiger partial charge in [0, 0.05) is 42.2 Å². The molecule has 0 aliphatic rings. The van der Waals surface area contributed by atoms with Gasteiger partial charge in [-0.1, -0.05) is 36.4 Å². The van der Waals surface area contributed by atoms with Crippen LogP contribution in [0.2, 0.25) is 0 Å². The first-order valence-corrected chi connectivity index (χ1v) is 14.4. The molecular formula is C35H29N7O4. The van der Waals surface area contributed by atoms with Crippen LogP contribution >= 0.6 is 0 Å². The Bertz CT molecular complexity index is 2090. The third kappa shape index (κ3) is 6.43. The predicted molar refractivity (Wildman–Crippen MR) is 175 cm³/mol. The van der Waals surface area contributed by atoms with Crippen molar-refractivity contribution >= 4 is 40.5 Å². The summed E-state index contributed by atoms with van der Waals surface area (Å²) in [5.41, 5.74) is 13.1. The number of benzene rings is 3. The molecular weight excluding hydrogens is 582 g/mol. The first-order chi connectivity index (χ1) is 22.2. The summed E-state index contributed by atoms with van der Waals surface area (Å²) in [6.45, 7) is 1.73. The van der Waals surface area contributed by atoms with E-state index in [1.54, 1.807) is 36.5 Å². The summed E-state index contributed by atoms with van der Waals surface area (Å²) in [7, 11) is 0. The maximum absolute atomic E-state index is 12.8. The van der Waals surface area contributed by atoms with Gasteiger partial charge in [0.2, 0.25) is 5.91 Å². The number of carbonyl (C=O) groups excluding carboxylic acids is 2. The van der Waals surface area contributed by atoms with Crippen LogP contribution in [-0.2, 0) is 22.6 Å². The maximum Gasteiger partial charge on any atom is 0.307 e. The van der Waals surface area contributed by atoms with Crippen molar-refractivity contribution in [3.63, 3.8) is 0 Å². The van der Waals surface area contributed by atoms with Crippen molar-refractivity contribution in [3.05, 3.63) is 120 Å². The fraction of sp³-hybridized carbons (Fsp3) is 0.0857. The third-order valence-electron chi connectivity index (χ3n) is 7.28. The van der Waals surface area contributed by atoms with E-state index in [1.165, 1.54) is 6.92 Å². The Morgan fingerprint density at radius 2 is 1.65 bits per heavy atom. The van der Waals surface area contributed by atoms with Gasteiger partial charge >= 0.3 is 5.97 Å². The smallest absolute Gasteiger partial charge is 0.307 e. The Balaban J connectivity index is 1.31. The zero-order valence-corrected chi connectivity index (χ0v) is 24.8. The molecule has 3 aromatic carbocycles.